The summed E-state index contributed by atoms with van der Waals surface area (Å²) in [5.74, 6) is 8.11. The molecule has 12 heteroatoms. The lowest BCUT2D eigenvalue weighted by molar-refractivity contribution is 0.0358. The molecular weight excluding hydrogens is 512 g/mol. The fraction of sp³-hybridized carbons (Fsp3) is 0.393. The summed E-state index contributed by atoms with van der Waals surface area (Å²) in [4.78, 5) is 23.5. The number of carbonyl (C=O) groups excluding carboxylic acids is 1. The average Bonchev–Trinajstić information content (AvgIpc) is 3.57. The predicted octanol–water partition coefficient (Wildman–Crippen LogP) is 3.55. The van der Waals surface area contributed by atoms with Crippen molar-refractivity contribution in [1.29, 1.82) is 0 Å². The van der Waals surface area contributed by atoms with E-state index in [-0.39, 0.29) is 5.41 Å². The molecule has 208 valence electrons. The van der Waals surface area contributed by atoms with Gasteiger partial charge in [-0.3, -0.25) is 15.5 Å². The lowest BCUT2D eigenvalue weighted by Gasteiger charge is -2.26. The van der Waals surface area contributed by atoms with Crippen LogP contribution in [0.3, 0.4) is 0 Å². The Morgan fingerprint density at radius 2 is 1.90 bits per heavy atom. The molecule has 0 aliphatic carbocycles. The van der Waals surface area contributed by atoms with Crippen LogP contribution in [0.15, 0.2) is 47.4 Å². The molecule has 0 atom stereocenters. The number of urea groups is 1. The molecule has 1 fully saturated rings. The number of nitrogens with one attached hydrogen (secondary N) is 2. The zero-order valence-electron chi connectivity index (χ0n) is 22.8. The normalized spacial score (nSPS) is 14.0. The molecule has 40 heavy (non-hydrogen) atoms. The molecule has 1 aliphatic rings. The van der Waals surface area contributed by atoms with Gasteiger partial charge < -0.3 is 14.0 Å². The molecule has 2 N–H and O–H groups in total. The zero-order valence-corrected chi connectivity index (χ0v) is 22.8. The number of ether oxygens (including phenoxy) is 2. The predicted molar refractivity (Wildman–Crippen MR) is 148 cm³/mol. The highest BCUT2D eigenvalue weighted by Crippen LogP contribution is 2.24. The van der Waals surface area contributed by atoms with Gasteiger partial charge in [-0.1, -0.05) is 31.8 Å². The van der Waals surface area contributed by atoms with Crippen molar-refractivity contribution in [3.8, 4) is 17.6 Å². The minimum absolute atomic E-state index is 0.214. The van der Waals surface area contributed by atoms with Crippen molar-refractivity contribution < 1.29 is 18.8 Å². The van der Waals surface area contributed by atoms with Gasteiger partial charge >= 0.3 is 6.03 Å². The number of fused-ring (bicyclic) bond motifs is 1. The second kappa shape index (κ2) is 12.1. The number of hydrogen-bond donors (Lipinski definition) is 2. The summed E-state index contributed by atoms with van der Waals surface area (Å²) < 4.78 is 18.0. The zero-order chi connectivity index (χ0) is 28.0. The first-order valence-corrected chi connectivity index (χ1v) is 13.1. The second-order valence-corrected chi connectivity index (χ2v) is 10.4. The summed E-state index contributed by atoms with van der Waals surface area (Å²) in [5.41, 5.74) is 1.61. The number of morpholine rings is 1. The first kappa shape index (κ1) is 27.1. The first-order chi connectivity index (χ1) is 19.3. The number of pyridine rings is 1. The number of anilines is 2. The van der Waals surface area contributed by atoms with Crippen LogP contribution in [0.1, 0.15) is 44.2 Å². The van der Waals surface area contributed by atoms with E-state index in [1.807, 2.05) is 32.9 Å². The summed E-state index contributed by atoms with van der Waals surface area (Å²) in [6.07, 6.45) is 6.01. The van der Waals surface area contributed by atoms with Crippen molar-refractivity contribution in [2.75, 3.05) is 50.1 Å². The number of aromatic nitrogens is 5. The highest BCUT2D eigenvalue weighted by atomic mass is 16.5. The van der Waals surface area contributed by atoms with Crippen molar-refractivity contribution in [3.63, 3.8) is 0 Å². The van der Waals surface area contributed by atoms with Gasteiger partial charge in [-0.05, 0) is 24.5 Å². The lowest BCUT2D eigenvalue weighted by Crippen LogP contribution is -2.37. The van der Waals surface area contributed by atoms with E-state index >= 15 is 0 Å². The van der Waals surface area contributed by atoms with E-state index in [1.54, 1.807) is 35.2 Å². The maximum atomic E-state index is 12.4. The van der Waals surface area contributed by atoms with Crippen LogP contribution in [0.5, 0.6) is 5.75 Å². The second-order valence-electron chi connectivity index (χ2n) is 10.4. The number of hydrogen-bond acceptors (Lipinski definition) is 9. The van der Waals surface area contributed by atoms with Crippen LogP contribution in [0.2, 0.25) is 0 Å². The van der Waals surface area contributed by atoms with Crippen molar-refractivity contribution in [2.45, 2.75) is 32.6 Å². The van der Waals surface area contributed by atoms with Gasteiger partial charge in [0.1, 0.15) is 17.2 Å². The third-order valence-corrected chi connectivity index (χ3v) is 6.11. The van der Waals surface area contributed by atoms with Gasteiger partial charge in [0.05, 0.1) is 31.6 Å². The average molecular weight is 545 g/mol. The molecule has 0 spiro atoms. The van der Waals surface area contributed by atoms with Crippen molar-refractivity contribution >= 4 is 23.3 Å². The molecule has 5 rings (SSSR count). The topological polar surface area (TPSA) is 132 Å². The summed E-state index contributed by atoms with van der Waals surface area (Å²) in [7, 11) is 0. The molecule has 12 nitrogen and oxygen atoms in total. The van der Waals surface area contributed by atoms with Crippen LogP contribution in [0.4, 0.5) is 16.4 Å². The fourth-order valence-electron chi connectivity index (χ4n) is 3.93. The number of nitrogens with zero attached hydrogens (tertiary/aromatic N) is 6. The van der Waals surface area contributed by atoms with Gasteiger partial charge in [0.15, 0.2) is 17.3 Å². The van der Waals surface area contributed by atoms with Gasteiger partial charge in [0.25, 0.3) is 0 Å². The van der Waals surface area contributed by atoms with Gasteiger partial charge in [-0.25, -0.2) is 19.3 Å². The van der Waals surface area contributed by atoms with Crippen LogP contribution in [-0.4, -0.2) is 75.1 Å². The Hall–Kier alpha value is -4.47. The minimum Gasteiger partial charge on any atom is -0.492 e. The molecule has 1 saturated heterocycles. The van der Waals surface area contributed by atoms with Gasteiger partial charge in [-0.15, -0.1) is 5.10 Å². The van der Waals surface area contributed by atoms with Crippen LogP contribution >= 0.6 is 0 Å². The third kappa shape index (κ3) is 7.34. The van der Waals surface area contributed by atoms with Crippen molar-refractivity contribution in [2.24, 2.45) is 0 Å². The Kier molecular flexibility index (Phi) is 8.23. The molecule has 0 radical (unpaired) electrons. The Morgan fingerprint density at radius 3 is 2.65 bits per heavy atom. The SMILES string of the molecule is CC(C)(C)c1cc(NC(=O)Nc2cc3ncc(C#Cc4ccc(OCCCN5CCOCC5)cn4)cn3n2)no1. The monoisotopic (exact) mass is 544 g/mol. The van der Waals surface area contributed by atoms with E-state index in [2.05, 4.69) is 47.6 Å². The highest BCUT2D eigenvalue weighted by molar-refractivity contribution is 5.98. The maximum Gasteiger partial charge on any atom is 0.326 e. The van der Waals surface area contributed by atoms with Crippen molar-refractivity contribution in [3.05, 3.63) is 59.9 Å². The first-order valence-electron chi connectivity index (χ1n) is 13.1. The number of carbonyl (C=O) groups is 1. The van der Waals surface area contributed by atoms with Gasteiger partial charge in [-0.2, -0.15) is 0 Å². The Labute approximate surface area is 232 Å². The van der Waals surface area contributed by atoms with E-state index < -0.39 is 6.03 Å². The van der Waals surface area contributed by atoms with Gasteiger partial charge in [0.2, 0.25) is 0 Å². The maximum absolute atomic E-state index is 12.4. The quantitative estimate of drug-likeness (QED) is 0.265. The smallest absolute Gasteiger partial charge is 0.326 e. The molecule has 0 unspecified atom stereocenters. The van der Waals surface area contributed by atoms with Crippen LogP contribution in [-0.2, 0) is 10.2 Å². The molecule has 4 aromatic heterocycles. The molecule has 5 heterocycles. The highest BCUT2D eigenvalue weighted by Gasteiger charge is 2.20. The van der Waals surface area contributed by atoms with E-state index in [0.717, 1.165) is 45.0 Å². The number of amides is 2. The lowest BCUT2D eigenvalue weighted by atomic mass is 9.93. The standard InChI is InChI=1S/C28H32N8O4/c1-28(2,3)23-15-25(34-40-23)32-27(37)31-24-16-26-30-17-20(19-36(26)33-24)5-6-21-7-8-22(18-29-21)39-12-4-9-35-10-13-38-14-11-35/h7-8,15-19H,4,9-14H2,1-3H3,(H2,31,32,33,34,37). The third-order valence-electron chi connectivity index (χ3n) is 6.11. The Balaban J connectivity index is 1.13. The van der Waals surface area contributed by atoms with Crippen molar-refractivity contribution in [1.82, 2.24) is 29.6 Å². The van der Waals surface area contributed by atoms with E-state index in [1.165, 1.54) is 0 Å². The van der Waals surface area contributed by atoms with Gasteiger partial charge in [0, 0.05) is 49.6 Å². The molecular formula is C28H32N8O4. The molecule has 1 aliphatic heterocycles. The molecule has 2 amide bonds. The summed E-state index contributed by atoms with van der Waals surface area (Å²) >= 11 is 0. The minimum atomic E-state index is -0.493. The molecule has 0 saturated carbocycles. The van der Waals surface area contributed by atoms with Crippen LogP contribution in [0, 0.1) is 11.8 Å². The molecule has 0 aromatic carbocycles. The van der Waals surface area contributed by atoms with E-state index in [9.17, 15) is 4.79 Å². The Morgan fingerprint density at radius 1 is 1.07 bits per heavy atom. The summed E-state index contributed by atoms with van der Waals surface area (Å²) in [5, 5.41) is 13.6. The van der Waals surface area contributed by atoms with E-state index in [4.69, 9.17) is 14.0 Å². The Bertz CT molecular complexity index is 1510. The molecule has 0 bridgehead atoms. The fourth-order valence-corrected chi connectivity index (χ4v) is 3.93. The summed E-state index contributed by atoms with van der Waals surface area (Å²) in [6.45, 7) is 11.2. The van der Waals surface area contributed by atoms with Crippen LogP contribution in [0.25, 0.3) is 5.65 Å². The van der Waals surface area contributed by atoms with Crippen LogP contribution < -0.4 is 15.4 Å². The summed E-state index contributed by atoms with van der Waals surface area (Å²) in [6, 6.07) is 6.55. The largest absolute Gasteiger partial charge is 0.492 e. The number of rotatable bonds is 7. The molecule has 4 aromatic rings. The van der Waals surface area contributed by atoms with E-state index in [0.29, 0.717) is 40.9 Å².